The standard InChI is InChI=1S/C11H18N2O2/c1-9(2)10(3)4-5-11(14)15-13-7-6-12-8-13/h6-10H,4-5H2,1-3H3. The van der Waals surface area contributed by atoms with Gasteiger partial charge >= 0.3 is 5.97 Å². The smallest absolute Gasteiger partial charge is 0.332 e. The molecule has 0 N–H and O–H groups in total. The first-order valence-electron chi connectivity index (χ1n) is 5.28. The number of carbonyl (C=O) groups excluding carboxylic acids is 1. The van der Waals surface area contributed by atoms with E-state index in [1.165, 1.54) is 11.1 Å². The summed E-state index contributed by atoms with van der Waals surface area (Å²) in [5.74, 6) is 0.937. The van der Waals surface area contributed by atoms with Crippen LogP contribution in [0.5, 0.6) is 0 Å². The summed E-state index contributed by atoms with van der Waals surface area (Å²) in [6.07, 6.45) is 5.96. The van der Waals surface area contributed by atoms with Crippen LogP contribution in [0.25, 0.3) is 0 Å². The molecular formula is C11H18N2O2. The van der Waals surface area contributed by atoms with Crippen LogP contribution in [0.1, 0.15) is 33.6 Å². The Morgan fingerprint density at radius 2 is 2.20 bits per heavy atom. The summed E-state index contributed by atoms with van der Waals surface area (Å²) in [6, 6.07) is 0. The minimum atomic E-state index is -0.208. The van der Waals surface area contributed by atoms with Crippen molar-refractivity contribution in [2.75, 3.05) is 0 Å². The average Bonchev–Trinajstić information content (AvgIpc) is 2.66. The minimum Gasteiger partial charge on any atom is -0.336 e. The topological polar surface area (TPSA) is 44.1 Å². The van der Waals surface area contributed by atoms with Crippen molar-refractivity contribution >= 4 is 5.97 Å². The molecule has 1 aromatic heterocycles. The molecule has 0 aliphatic carbocycles. The summed E-state index contributed by atoms with van der Waals surface area (Å²) in [6.45, 7) is 6.47. The highest BCUT2D eigenvalue weighted by Crippen LogP contribution is 2.15. The molecule has 1 rings (SSSR count). The maximum Gasteiger partial charge on any atom is 0.332 e. The van der Waals surface area contributed by atoms with Crippen LogP contribution in [0.2, 0.25) is 0 Å². The van der Waals surface area contributed by atoms with Gasteiger partial charge in [0.25, 0.3) is 0 Å². The van der Waals surface area contributed by atoms with E-state index in [4.69, 9.17) is 4.84 Å². The number of rotatable bonds is 5. The number of hydrogen-bond acceptors (Lipinski definition) is 3. The fourth-order valence-corrected chi connectivity index (χ4v) is 1.14. The molecule has 15 heavy (non-hydrogen) atoms. The summed E-state index contributed by atoms with van der Waals surface area (Å²) in [5, 5.41) is 0. The third kappa shape index (κ3) is 4.14. The number of nitrogens with zero attached hydrogens (tertiary/aromatic N) is 2. The molecule has 0 fully saturated rings. The van der Waals surface area contributed by atoms with E-state index in [1.807, 2.05) is 0 Å². The molecule has 0 bridgehead atoms. The van der Waals surface area contributed by atoms with Crippen molar-refractivity contribution < 1.29 is 9.63 Å². The van der Waals surface area contributed by atoms with Crippen LogP contribution in [0, 0.1) is 11.8 Å². The second-order valence-corrected chi connectivity index (χ2v) is 4.15. The van der Waals surface area contributed by atoms with Crippen LogP contribution in [0.4, 0.5) is 0 Å². The molecule has 1 heterocycles. The Morgan fingerprint density at radius 3 is 2.73 bits per heavy atom. The highest BCUT2D eigenvalue weighted by Gasteiger charge is 2.11. The quantitative estimate of drug-likeness (QED) is 0.745. The van der Waals surface area contributed by atoms with Crippen LogP contribution >= 0.6 is 0 Å². The van der Waals surface area contributed by atoms with Gasteiger partial charge in [0.15, 0.2) is 0 Å². The van der Waals surface area contributed by atoms with Gasteiger partial charge in [0.1, 0.15) is 6.33 Å². The lowest BCUT2D eigenvalue weighted by Crippen LogP contribution is -2.19. The number of imidazole rings is 1. The van der Waals surface area contributed by atoms with Gasteiger partial charge in [0.2, 0.25) is 0 Å². The van der Waals surface area contributed by atoms with Crippen LogP contribution < -0.4 is 4.84 Å². The molecular weight excluding hydrogens is 192 g/mol. The average molecular weight is 210 g/mol. The highest BCUT2D eigenvalue weighted by atomic mass is 16.7. The molecule has 0 radical (unpaired) electrons. The number of aromatic nitrogens is 2. The highest BCUT2D eigenvalue weighted by molar-refractivity contribution is 5.69. The monoisotopic (exact) mass is 210 g/mol. The fraction of sp³-hybridized carbons (Fsp3) is 0.636. The summed E-state index contributed by atoms with van der Waals surface area (Å²) < 4.78 is 1.32. The van der Waals surface area contributed by atoms with Crippen LogP contribution in [0.15, 0.2) is 18.7 Å². The van der Waals surface area contributed by atoms with Crippen molar-refractivity contribution in [2.45, 2.75) is 33.6 Å². The van der Waals surface area contributed by atoms with E-state index in [1.54, 1.807) is 12.4 Å². The molecule has 0 aromatic carbocycles. The first-order chi connectivity index (χ1) is 7.09. The zero-order chi connectivity index (χ0) is 11.3. The summed E-state index contributed by atoms with van der Waals surface area (Å²) in [4.78, 5) is 20.2. The van der Waals surface area contributed by atoms with E-state index in [9.17, 15) is 4.79 Å². The SMILES string of the molecule is CC(C)C(C)CCC(=O)On1ccnc1. The molecule has 0 saturated carbocycles. The van der Waals surface area contributed by atoms with E-state index < -0.39 is 0 Å². The predicted octanol–water partition coefficient (Wildman–Crippen LogP) is 1.91. The predicted molar refractivity (Wildman–Crippen MR) is 57.1 cm³/mol. The molecule has 4 heteroatoms. The zero-order valence-corrected chi connectivity index (χ0v) is 9.51. The van der Waals surface area contributed by atoms with Crippen LogP contribution in [-0.2, 0) is 4.79 Å². The number of carbonyl (C=O) groups is 1. The van der Waals surface area contributed by atoms with Gasteiger partial charge in [-0.3, -0.25) is 0 Å². The molecule has 4 nitrogen and oxygen atoms in total. The Kier molecular flexibility index (Phi) is 4.34. The molecule has 0 spiro atoms. The first-order valence-corrected chi connectivity index (χ1v) is 5.28. The zero-order valence-electron chi connectivity index (χ0n) is 9.51. The molecule has 0 aliphatic heterocycles. The Hall–Kier alpha value is -1.32. The minimum absolute atomic E-state index is 0.208. The Morgan fingerprint density at radius 1 is 1.47 bits per heavy atom. The fourth-order valence-electron chi connectivity index (χ4n) is 1.14. The van der Waals surface area contributed by atoms with Gasteiger partial charge in [-0.1, -0.05) is 20.8 Å². The van der Waals surface area contributed by atoms with Gasteiger partial charge in [0, 0.05) is 12.6 Å². The second-order valence-electron chi connectivity index (χ2n) is 4.15. The van der Waals surface area contributed by atoms with Gasteiger partial charge in [-0.25, -0.2) is 9.78 Å². The van der Waals surface area contributed by atoms with Crippen LogP contribution in [0.3, 0.4) is 0 Å². The van der Waals surface area contributed by atoms with E-state index in [0.29, 0.717) is 18.3 Å². The van der Waals surface area contributed by atoms with Gasteiger partial charge in [-0.2, -0.15) is 4.73 Å². The molecule has 0 amide bonds. The molecule has 84 valence electrons. The Balaban J connectivity index is 2.25. The van der Waals surface area contributed by atoms with Crippen molar-refractivity contribution in [3.8, 4) is 0 Å². The Bertz CT molecular complexity index is 294. The maximum atomic E-state index is 11.4. The maximum absolute atomic E-state index is 11.4. The molecule has 0 aliphatic rings. The number of hydrogen-bond donors (Lipinski definition) is 0. The van der Waals surface area contributed by atoms with Crippen molar-refractivity contribution in [3.05, 3.63) is 18.7 Å². The summed E-state index contributed by atoms with van der Waals surface area (Å²) >= 11 is 0. The summed E-state index contributed by atoms with van der Waals surface area (Å²) in [7, 11) is 0. The van der Waals surface area contributed by atoms with Crippen molar-refractivity contribution in [1.82, 2.24) is 9.71 Å². The molecule has 1 atom stereocenters. The summed E-state index contributed by atoms with van der Waals surface area (Å²) in [5.41, 5.74) is 0. The van der Waals surface area contributed by atoms with Gasteiger partial charge in [0.05, 0.1) is 6.20 Å². The second kappa shape index (κ2) is 5.53. The van der Waals surface area contributed by atoms with Crippen molar-refractivity contribution in [1.29, 1.82) is 0 Å². The lowest BCUT2D eigenvalue weighted by atomic mass is 9.93. The van der Waals surface area contributed by atoms with Gasteiger partial charge in [-0.15, -0.1) is 0 Å². The van der Waals surface area contributed by atoms with E-state index in [2.05, 4.69) is 25.8 Å². The lowest BCUT2D eigenvalue weighted by molar-refractivity contribution is -0.144. The lowest BCUT2D eigenvalue weighted by Gasteiger charge is -2.14. The third-order valence-electron chi connectivity index (χ3n) is 2.63. The van der Waals surface area contributed by atoms with Crippen molar-refractivity contribution in [3.63, 3.8) is 0 Å². The van der Waals surface area contributed by atoms with Crippen LogP contribution in [-0.4, -0.2) is 15.7 Å². The Labute approximate surface area is 90.2 Å². The van der Waals surface area contributed by atoms with E-state index >= 15 is 0 Å². The van der Waals surface area contributed by atoms with E-state index in [-0.39, 0.29) is 5.97 Å². The third-order valence-corrected chi connectivity index (χ3v) is 2.63. The van der Waals surface area contributed by atoms with Crippen molar-refractivity contribution in [2.24, 2.45) is 11.8 Å². The molecule has 1 aromatic rings. The van der Waals surface area contributed by atoms with E-state index in [0.717, 1.165) is 6.42 Å². The van der Waals surface area contributed by atoms with Gasteiger partial charge < -0.3 is 4.84 Å². The molecule has 1 unspecified atom stereocenters. The largest absolute Gasteiger partial charge is 0.336 e. The first kappa shape index (κ1) is 11.8. The molecule has 0 saturated heterocycles. The van der Waals surface area contributed by atoms with Gasteiger partial charge in [-0.05, 0) is 18.3 Å². The normalized spacial score (nSPS) is 12.8.